The van der Waals surface area contributed by atoms with Crippen molar-refractivity contribution in [2.24, 2.45) is 0 Å². The van der Waals surface area contributed by atoms with Crippen LogP contribution in [0.2, 0.25) is 0 Å². The van der Waals surface area contributed by atoms with Crippen molar-refractivity contribution in [2.75, 3.05) is 20.3 Å². The van der Waals surface area contributed by atoms with Gasteiger partial charge in [0.05, 0.1) is 20.3 Å². The standard InChI is InChI=1S/C16H22O8/c1-22-11-7-9(3-2-6-17)4-5-10(11)23-16-15(21)14(20)13(19)12(8-18)24-16/h2-5,7,12-21H,6,8H2,1H3/b3-2-/t12-,13-,14+,15-,16-/m0/s1. The topological polar surface area (TPSA) is 129 Å². The van der Waals surface area contributed by atoms with Gasteiger partial charge in [-0.3, -0.25) is 0 Å². The van der Waals surface area contributed by atoms with E-state index in [0.29, 0.717) is 5.75 Å². The van der Waals surface area contributed by atoms with Gasteiger partial charge in [0.2, 0.25) is 6.29 Å². The summed E-state index contributed by atoms with van der Waals surface area (Å²) in [5.74, 6) is 0.607. The van der Waals surface area contributed by atoms with Crippen LogP contribution in [0.3, 0.4) is 0 Å². The van der Waals surface area contributed by atoms with Crippen LogP contribution in [-0.4, -0.2) is 76.6 Å². The van der Waals surface area contributed by atoms with Gasteiger partial charge in [-0.15, -0.1) is 0 Å². The second-order valence-corrected chi connectivity index (χ2v) is 5.31. The molecular weight excluding hydrogens is 320 g/mol. The Morgan fingerprint density at radius 3 is 2.46 bits per heavy atom. The van der Waals surface area contributed by atoms with Gasteiger partial charge in [0.15, 0.2) is 11.5 Å². The van der Waals surface area contributed by atoms with E-state index in [-0.39, 0.29) is 12.4 Å². The minimum absolute atomic E-state index is 0.0918. The molecule has 0 saturated carbocycles. The summed E-state index contributed by atoms with van der Waals surface area (Å²) in [6.07, 6.45) is -3.54. The van der Waals surface area contributed by atoms with Gasteiger partial charge >= 0.3 is 0 Å². The molecule has 1 aliphatic rings. The molecule has 1 aromatic rings. The van der Waals surface area contributed by atoms with Crippen LogP contribution in [0.15, 0.2) is 24.3 Å². The lowest BCUT2D eigenvalue weighted by molar-refractivity contribution is -0.277. The van der Waals surface area contributed by atoms with Crippen LogP contribution in [0.1, 0.15) is 5.56 Å². The van der Waals surface area contributed by atoms with Crippen molar-refractivity contribution in [1.29, 1.82) is 0 Å². The van der Waals surface area contributed by atoms with E-state index in [1.165, 1.54) is 7.11 Å². The predicted molar refractivity (Wildman–Crippen MR) is 83.5 cm³/mol. The van der Waals surface area contributed by atoms with Crippen LogP contribution in [0.4, 0.5) is 0 Å². The highest BCUT2D eigenvalue weighted by Gasteiger charge is 2.44. The molecular formula is C16H22O8. The first kappa shape index (κ1) is 18.7. The van der Waals surface area contributed by atoms with Gasteiger partial charge in [0.25, 0.3) is 0 Å². The number of benzene rings is 1. The quantitative estimate of drug-likeness (QED) is 0.440. The molecule has 8 nitrogen and oxygen atoms in total. The molecule has 0 bridgehead atoms. The van der Waals surface area contributed by atoms with E-state index in [0.717, 1.165) is 5.56 Å². The Hall–Kier alpha value is -1.68. The highest BCUT2D eigenvalue weighted by atomic mass is 16.7. The fourth-order valence-electron chi connectivity index (χ4n) is 2.36. The van der Waals surface area contributed by atoms with Gasteiger partial charge in [-0.2, -0.15) is 0 Å². The van der Waals surface area contributed by atoms with E-state index in [2.05, 4.69) is 0 Å². The zero-order valence-corrected chi connectivity index (χ0v) is 13.1. The van der Waals surface area contributed by atoms with Crippen molar-refractivity contribution in [3.63, 3.8) is 0 Å². The first-order chi connectivity index (χ1) is 11.5. The number of methoxy groups -OCH3 is 1. The van der Waals surface area contributed by atoms with Gasteiger partial charge < -0.3 is 39.7 Å². The maximum Gasteiger partial charge on any atom is 0.229 e. The molecule has 1 aliphatic heterocycles. The van der Waals surface area contributed by atoms with E-state index in [9.17, 15) is 20.4 Å². The molecule has 2 rings (SSSR count). The maximum absolute atomic E-state index is 10.00. The Bertz CT molecular complexity index is 559. The SMILES string of the molecule is COc1cc(/C=C\CO)ccc1O[C@H]1O[C@@H](CO)[C@H](O)[C@@H](O)[C@@H]1O. The van der Waals surface area contributed by atoms with Gasteiger partial charge in [0.1, 0.15) is 24.4 Å². The van der Waals surface area contributed by atoms with Crippen molar-refractivity contribution in [3.8, 4) is 11.5 Å². The molecule has 134 valence electrons. The summed E-state index contributed by atoms with van der Waals surface area (Å²) in [4.78, 5) is 0. The third-order valence-electron chi connectivity index (χ3n) is 3.69. The number of hydrogen-bond acceptors (Lipinski definition) is 8. The summed E-state index contributed by atoms with van der Waals surface area (Å²) in [6.45, 7) is -0.627. The zero-order chi connectivity index (χ0) is 17.7. The summed E-state index contributed by atoms with van der Waals surface area (Å²) in [6, 6.07) is 4.94. The van der Waals surface area contributed by atoms with Crippen molar-refractivity contribution in [2.45, 2.75) is 30.7 Å². The second kappa shape index (κ2) is 8.43. The van der Waals surface area contributed by atoms with Gasteiger partial charge in [-0.05, 0) is 17.7 Å². The zero-order valence-electron chi connectivity index (χ0n) is 13.1. The Labute approximate surface area is 139 Å². The number of hydrogen-bond donors (Lipinski definition) is 5. The minimum Gasteiger partial charge on any atom is -0.493 e. The van der Waals surface area contributed by atoms with Crippen molar-refractivity contribution in [1.82, 2.24) is 0 Å². The third kappa shape index (κ3) is 4.04. The van der Waals surface area contributed by atoms with E-state index in [4.69, 9.17) is 19.3 Å². The van der Waals surface area contributed by atoms with E-state index in [1.807, 2.05) is 0 Å². The highest BCUT2D eigenvalue weighted by Crippen LogP contribution is 2.32. The lowest BCUT2D eigenvalue weighted by Gasteiger charge is -2.39. The molecule has 1 heterocycles. The fraction of sp³-hybridized carbons (Fsp3) is 0.500. The molecule has 0 radical (unpaired) electrons. The van der Waals surface area contributed by atoms with E-state index < -0.39 is 37.3 Å². The van der Waals surface area contributed by atoms with E-state index in [1.54, 1.807) is 30.4 Å². The average molecular weight is 342 g/mol. The lowest BCUT2D eigenvalue weighted by atomic mass is 9.99. The van der Waals surface area contributed by atoms with Gasteiger partial charge in [-0.25, -0.2) is 0 Å². The Morgan fingerprint density at radius 2 is 1.83 bits per heavy atom. The molecule has 0 amide bonds. The smallest absolute Gasteiger partial charge is 0.229 e. The summed E-state index contributed by atoms with van der Waals surface area (Å²) in [7, 11) is 1.44. The van der Waals surface area contributed by atoms with Crippen LogP contribution in [-0.2, 0) is 4.74 Å². The molecule has 5 N–H and O–H groups in total. The molecule has 0 spiro atoms. The van der Waals surface area contributed by atoms with Crippen LogP contribution >= 0.6 is 0 Å². The largest absolute Gasteiger partial charge is 0.493 e. The van der Waals surface area contributed by atoms with Crippen LogP contribution in [0.25, 0.3) is 6.08 Å². The van der Waals surface area contributed by atoms with Crippen molar-refractivity contribution >= 4 is 6.08 Å². The summed E-state index contributed by atoms with van der Waals surface area (Å²) in [5, 5.41) is 47.5. The molecule has 1 aromatic carbocycles. The third-order valence-corrected chi connectivity index (χ3v) is 3.69. The van der Waals surface area contributed by atoms with Crippen molar-refractivity contribution < 1.29 is 39.7 Å². The molecule has 0 unspecified atom stereocenters. The van der Waals surface area contributed by atoms with Crippen LogP contribution in [0.5, 0.6) is 11.5 Å². The fourth-order valence-corrected chi connectivity index (χ4v) is 2.36. The summed E-state index contributed by atoms with van der Waals surface area (Å²) < 4.78 is 16.1. The first-order valence-corrected chi connectivity index (χ1v) is 7.44. The summed E-state index contributed by atoms with van der Waals surface area (Å²) >= 11 is 0. The monoisotopic (exact) mass is 342 g/mol. The number of aliphatic hydroxyl groups is 5. The number of rotatable bonds is 6. The predicted octanol–water partition coefficient (Wildman–Crippen LogP) is -1.12. The van der Waals surface area contributed by atoms with Crippen LogP contribution < -0.4 is 9.47 Å². The molecule has 1 saturated heterocycles. The van der Waals surface area contributed by atoms with Crippen LogP contribution in [0, 0.1) is 0 Å². The Morgan fingerprint density at radius 1 is 1.08 bits per heavy atom. The minimum atomic E-state index is -1.52. The molecule has 0 aromatic heterocycles. The average Bonchev–Trinajstić information content (AvgIpc) is 2.61. The molecule has 0 aliphatic carbocycles. The lowest BCUT2D eigenvalue weighted by Crippen LogP contribution is -2.60. The normalized spacial score (nSPS) is 30.5. The number of ether oxygens (including phenoxy) is 3. The maximum atomic E-state index is 10.00. The van der Waals surface area contributed by atoms with Gasteiger partial charge in [-0.1, -0.05) is 18.2 Å². The van der Waals surface area contributed by atoms with Gasteiger partial charge in [0, 0.05) is 0 Å². The Kier molecular flexibility index (Phi) is 6.55. The summed E-state index contributed by atoms with van der Waals surface area (Å²) in [5.41, 5.74) is 0.766. The van der Waals surface area contributed by atoms with Crippen molar-refractivity contribution in [3.05, 3.63) is 29.8 Å². The van der Waals surface area contributed by atoms with E-state index >= 15 is 0 Å². The molecule has 8 heteroatoms. The first-order valence-electron chi connectivity index (χ1n) is 7.44. The highest BCUT2D eigenvalue weighted by molar-refractivity contribution is 5.55. The molecule has 24 heavy (non-hydrogen) atoms. The Balaban J connectivity index is 2.18. The number of aliphatic hydroxyl groups excluding tert-OH is 5. The molecule has 5 atom stereocenters. The second-order valence-electron chi connectivity index (χ2n) is 5.31. The molecule has 1 fully saturated rings.